The molecule has 0 aromatic heterocycles. The lowest BCUT2D eigenvalue weighted by Crippen LogP contribution is -2.39. The number of nitrogens with two attached hydrogens (primary N) is 1. The Balaban J connectivity index is 1.41. The third-order valence-electron chi connectivity index (χ3n) is 8.51. The molecule has 0 aliphatic heterocycles. The molecule has 2 N–H and O–H groups in total. The summed E-state index contributed by atoms with van der Waals surface area (Å²) in [4.78, 5) is 18.2. The average Bonchev–Trinajstić information content (AvgIpc) is 3.11. The van der Waals surface area contributed by atoms with Crippen LogP contribution in [-0.4, -0.2) is 30.9 Å². The van der Waals surface area contributed by atoms with Gasteiger partial charge < -0.3 is 10.5 Å². The monoisotopic (exact) mass is 394 g/mol. The molecule has 1 amide bonds. The molecule has 5 aliphatic carbocycles. The Morgan fingerprint density at radius 3 is 2.66 bits per heavy atom. The second-order valence-electron chi connectivity index (χ2n) is 10.1. The molecule has 156 valence electrons. The molecule has 5 atom stereocenters. The van der Waals surface area contributed by atoms with Crippen LogP contribution >= 0.6 is 0 Å². The Kier molecular flexibility index (Phi) is 4.90. The summed E-state index contributed by atoms with van der Waals surface area (Å²) in [6.45, 7) is 2.80. The van der Waals surface area contributed by atoms with Crippen molar-refractivity contribution < 1.29 is 9.53 Å². The third-order valence-corrected chi connectivity index (χ3v) is 8.51. The van der Waals surface area contributed by atoms with E-state index in [2.05, 4.69) is 42.2 Å². The fraction of sp³-hybridized carbons (Fsp3) is 0.680. The minimum atomic E-state index is -0.319. The Hall–Kier alpha value is -1.52. The quantitative estimate of drug-likeness (QED) is 0.759. The number of amides is 1. The van der Waals surface area contributed by atoms with Crippen LogP contribution in [-0.2, 0) is 14.9 Å². The number of ether oxygens (including phenoxy) is 1. The largest absolute Gasteiger partial charge is 0.378 e. The molecule has 0 radical (unpaired) electrons. The molecule has 4 nitrogen and oxygen atoms in total. The molecule has 0 heterocycles. The average molecular weight is 395 g/mol. The lowest BCUT2D eigenvalue weighted by atomic mass is 9.63. The summed E-state index contributed by atoms with van der Waals surface area (Å²) in [6.07, 6.45) is 10.5. The predicted molar refractivity (Wildman–Crippen MR) is 115 cm³/mol. The summed E-state index contributed by atoms with van der Waals surface area (Å²) in [5.41, 5.74) is 7.25. The highest BCUT2D eigenvalue weighted by atomic mass is 16.5. The van der Waals surface area contributed by atoms with Crippen molar-refractivity contribution in [2.75, 3.05) is 6.61 Å². The first-order valence-electron chi connectivity index (χ1n) is 11.6. The van der Waals surface area contributed by atoms with Gasteiger partial charge in [-0.1, -0.05) is 30.3 Å². The number of hydrogen-bond donors (Lipinski definition) is 1. The Labute approximate surface area is 174 Å². The van der Waals surface area contributed by atoms with Crippen LogP contribution in [0.25, 0.3) is 0 Å². The second kappa shape index (κ2) is 7.31. The van der Waals surface area contributed by atoms with E-state index in [0.29, 0.717) is 23.8 Å². The molecule has 5 fully saturated rings. The minimum absolute atomic E-state index is 0.127. The molecule has 29 heavy (non-hydrogen) atoms. The lowest BCUT2D eigenvalue weighted by molar-refractivity contribution is -0.129. The summed E-state index contributed by atoms with van der Waals surface area (Å²) in [5, 5.41) is 0. The molecular formula is C25H34N2O2. The van der Waals surface area contributed by atoms with Crippen molar-refractivity contribution in [3.8, 4) is 0 Å². The highest BCUT2D eigenvalue weighted by molar-refractivity contribution is 5.91. The van der Waals surface area contributed by atoms with Crippen molar-refractivity contribution >= 4 is 12.1 Å². The number of benzene rings is 1. The number of hydrogen-bond acceptors (Lipinski definition) is 3. The number of carbonyl (C=O) groups is 1. The number of rotatable bonds is 5. The lowest BCUT2D eigenvalue weighted by Gasteiger charge is -2.42. The maximum Gasteiger partial charge on any atom is 0.251 e. The normalized spacial score (nSPS) is 43.3. The molecule has 4 heteroatoms. The van der Waals surface area contributed by atoms with Crippen LogP contribution in [0.3, 0.4) is 0 Å². The van der Waals surface area contributed by atoms with Gasteiger partial charge in [0.1, 0.15) is 0 Å². The first-order valence-corrected chi connectivity index (χ1v) is 11.6. The molecule has 1 aromatic carbocycles. The predicted octanol–water partition coefficient (Wildman–Crippen LogP) is 4.26. The summed E-state index contributed by atoms with van der Waals surface area (Å²) >= 11 is 0. The van der Waals surface area contributed by atoms with Crippen molar-refractivity contribution in [3.63, 3.8) is 0 Å². The summed E-state index contributed by atoms with van der Waals surface area (Å²) in [6, 6.07) is 11.2. The summed E-state index contributed by atoms with van der Waals surface area (Å²) in [5.74, 6) is 1.33. The molecule has 4 bridgehead atoms. The molecule has 0 saturated heterocycles. The zero-order chi connectivity index (χ0) is 20.1. The van der Waals surface area contributed by atoms with Gasteiger partial charge in [0.15, 0.2) is 0 Å². The van der Waals surface area contributed by atoms with Gasteiger partial charge in [-0.15, -0.1) is 0 Å². The van der Waals surface area contributed by atoms with Crippen molar-refractivity contribution in [2.24, 2.45) is 33.9 Å². The van der Waals surface area contributed by atoms with Gasteiger partial charge in [0.05, 0.1) is 11.5 Å². The van der Waals surface area contributed by atoms with Crippen LogP contribution in [0.1, 0.15) is 63.9 Å². The van der Waals surface area contributed by atoms with E-state index in [0.717, 1.165) is 58.0 Å². The Bertz CT molecular complexity index is 785. The zero-order valence-electron chi connectivity index (χ0n) is 17.6. The van der Waals surface area contributed by atoms with Gasteiger partial charge in [-0.3, -0.25) is 4.79 Å². The molecule has 6 rings (SSSR count). The van der Waals surface area contributed by atoms with Crippen LogP contribution in [0.2, 0.25) is 0 Å². The Morgan fingerprint density at radius 2 is 1.93 bits per heavy atom. The van der Waals surface area contributed by atoms with Crippen molar-refractivity contribution in [1.82, 2.24) is 0 Å². The van der Waals surface area contributed by atoms with Crippen LogP contribution in [0, 0.1) is 23.2 Å². The summed E-state index contributed by atoms with van der Waals surface area (Å²) < 4.78 is 6.21. The molecule has 5 unspecified atom stereocenters. The van der Waals surface area contributed by atoms with Gasteiger partial charge in [0, 0.05) is 24.8 Å². The highest BCUT2D eigenvalue weighted by Gasteiger charge is 2.71. The molecule has 5 saturated carbocycles. The van der Waals surface area contributed by atoms with Gasteiger partial charge in [-0.05, 0) is 81.1 Å². The summed E-state index contributed by atoms with van der Waals surface area (Å²) in [7, 11) is 0. The maximum absolute atomic E-state index is 13.6. The van der Waals surface area contributed by atoms with Gasteiger partial charge in [0.2, 0.25) is 0 Å². The molecule has 1 aromatic rings. The maximum atomic E-state index is 13.6. The molecular weight excluding hydrogens is 360 g/mol. The van der Waals surface area contributed by atoms with E-state index in [1.165, 1.54) is 5.56 Å². The van der Waals surface area contributed by atoms with E-state index in [4.69, 9.17) is 10.5 Å². The molecule has 0 spiro atoms. The number of aliphatic imine (C=N–C) groups is 1. The van der Waals surface area contributed by atoms with Gasteiger partial charge in [-0.2, -0.15) is 0 Å². The third kappa shape index (κ3) is 3.11. The van der Waals surface area contributed by atoms with Crippen molar-refractivity contribution in [2.45, 2.75) is 75.9 Å². The first kappa shape index (κ1) is 19.4. The first-order chi connectivity index (χ1) is 14.1. The van der Waals surface area contributed by atoms with Crippen LogP contribution in [0.5, 0.6) is 0 Å². The highest BCUT2D eigenvalue weighted by Crippen LogP contribution is 2.71. The van der Waals surface area contributed by atoms with Gasteiger partial charge in [0.25, 0.3) is 5.91 Å². The van der Waals surface area contributed by atoms with E-state index in [9.17, 15) is 4.79 Å². The molecule has 5 aliphatic rings. The SMILES string of the molecule is CCOC1C2CC3(c4ccccc4)CC1C(C(=O)N=CC1CCC(N)CC1)(C2)C3. The topological polar surface area (TPSA) is 64.7 Å². The fourth-order valence-corrected chi connectivity index (χ4v) is 7.33. The van der Waals surface area contributed by atoms with E-state index in [1.54, 1.807) is 0 Å². The second-order valence-corrected chi connectivity index (χ2v) is 10.1. The van der Waals surface area contributed by atoms with Gasteiger partial charge in [-0.25, -0.2) is 4.99 Å². The van der Waals surface area contributed by atoms with E-state index >= 15 is 0 Å². The van der Waals surface area contributed by atoms with Crippen LogP contribution in [0.4, 0.5) is 0 Å². The minimum Gasteiger partial charge on any atom is -0.378 e. The van der Waals surface area contributed by atoms with E-state index in [1.807, 2.05) is 6.21 Å². The zero-order valence-corrected chi connectivity index (χ0v) is 17.6. The van der Waals surface area contributed by atoms with Crippen molar-refractivity contribution in [3.05, 3.63) is 35.9 Å². The van der Waals surface area contributed by atoms with E-state index < -0.39 is 0 Å². The fourth-order valence-electron chi connectivity index (χ4n) is 7.33. The van der Waals surface area contributed by atoms with Crippen LogP contribution < -0.4 is 5.73 Å². The van der Waals surface area contributed by atoms with Gasteiger partial charge >= 0.3 is 0 Å². The van der Waals surface area contributed by atoms with Crippen LogP contribution in [0.15, 0.2) is 35.3 Å². The van der Waals surface area contributed by atoms with E-state index in [-0.39, 0.29) is 22.8 Å². The Morgan fingerprint density at radius 1 is 1.17 bits per heavy atom. The number of carbonyl (C=O) groups excluding carboxylic acids is 1. The van der Waals surface area contributed by atoms with Crippen molar-refractivity contribution in [1.29, 1.82) is 0 Å². The number of nitrogens with zero attached hydrogens (tertiary/aromatic N) is 1. The standard InChI is InChI=1S/C25H34N2O2/c1-2-29-22-18-12-24(19-6-4-3-5-7-19)14-21(22)25(13-18,16-24)23(28)27-15-17-8-10-20(26)11-9-17/h3-7,15,17-18,20-22H,2,8-14,16,26H2,1H3. The smallest absolute Gasteiger partial charge is 0.251 e.